The van der Waals surface area contributed by atoms with E-state index in [4.69, 9.17) is 0 Å². The summed E-state index contributed by atoms with van der Waals surface area (Å²) in [5.74, 6) is -0.751. The lowest BCUT2D eigenvalue weighted by atomic mass is 10.1. The molecular weight excluding hydrogens is 392 g/mol. The Bertz CT molecular complexity index is 1090. The normalized spacial score (nSPS) is 10.7. The van der Waals surface area contributed by atoms with Gasteiger partial charge in [0.15, 0.2) is 0 Å². The first kappa shape index (κ1) is 19.9. The Morgan fingerprint density at radius 3 is 2.48 bits per heavy atom. The fourth-order valence-corrected chi connectivity index (χ4v) is 3.07. The van der Waals surface area contributed by atoms with Crippen LogP contribution < -0.4 is 10.7 Å². The summed E-state index contributed by atoms with van der Waals surface area (Å²) in [6, 6.07) is 16.5. The summed E-state index contributed by atoms with van der Waals surface area (Å²) in [5, 5.41) is 17.2. The molecule has 0 bridgehead atoms. The van der Waals surface area contributed by atoms with Gasteiger partial charge in [-0.3, -0.25) is 19.7 Å². The molecule has 0 radical (unpaired) electrons. The van der Waals surface area contributed by atoms with E-state index in [0.29, 0.717) is 21.7 Å². The van der Waals surface area contributed by atoms with Gasteiger partial charge in [-0.15, -0.1) is 0 Å². The van der Waals surface area contributed by atoms with Crippen molar-refractivity contribution in [2.45, 2.75) is 6.92 Å². The van der Waals surface area contributed by atoms with Gasteiger partial charge in [0.25, 0.3) is 11.8 Å². The van der Waals surface area contributed by atoms with Crippen molar-refractivity contribution in [1.82, 2.24) is 5.43 Å². The van der Waals surface area contributed by atoms with Crippen LogP contribution in [-0.2, 0) is 0 Å². The number of carbonyl (C=O) groups is 2. The third-order valence-electron chi connectivity index (χ3n) is 3.85. The van der Waals surface area contributed by atoms with Crippen molar-refractivity contribution in [1.29, 1.82) is 0 Å². The Balaban J connectivity index is 1.62. The lowest BCUT2D eigenvalue weighted by molar-refractivity contribution is -0.380. The highest BCUT2D eigenvalue weighted by Crippen LogP contribution is 2.22. The van der Waals surface area contributed by atoms with Crippen molar-refractivity contribution in [3.05, 3.63) is 92.3 Å². The number of anilines is 1. The second kappa shape index (κ2) is 8.89. The monoisotopic (exact) mass is 408 g/mol. The molecule has 1 aromatic heterocycles. The molecule has 0 spiro atoms. The predicted molar refractivity (Wildman–Crippen MR) is 112 cm³/mol. The zero-order valence-corrected chi connectivity index (χ0v) is 16.1. The summed E-state index contributed by atoms with van der Waals surface area (Å²) >= 11 is 0.949. The molecule has 2 N–H and O–H groups in total. The minimum atomic E-state index is -0.489. The molecule has 0 unspecified atom stereocenters. The average molecular weight is 408 g/mol. The molecule has 0 aliphatic rings. The molecule has 1 heterocycles. The number of hydrogen-bond donors (Lipinski definition) is 2. The van der Waals surface area contributed by atoms with Crippen LogP contribution in [0.25, 0.3) is 0 Å². The molecule has 0 atom stereocenters. The molecule has 0 fully saturated rings. The van der Waals surface area contributed by atoms with E-state index in [9.17, 15) is 19.7 Å². The van der Waals surface area contributed by atoms with Gasteiger partial charge in [-0.1, -0.05) is 35.1 Å². The number of amides is 2. The standard InChI is InChI=1S/C20H16N4O4S/c1-13-5-7-14(8-6-13)19(25)22-16-4-2-3-15(11-16)20(26)23-21-12-17-9-10-18(29-17)24(27)28/h2-12H,1H3,(H,22,25)(H,23,26)/b21-12+. The highest BCUT2D eigenvalue weighted by Gasteiger charge is 2.10. The summed E-state index contributed by atoms with van der Waals surface area (Å²) in [4.78, 5) is 35.3. The van der Waals surface area contributed by atoms with Crippen LogP contribution in [-0.4, -0.2) is 23.0 Å². The largest absolute Gasteiger partial charge is 0.324 e. The number of thiophene rings is 1. The number of nitrogens with zero attached hydrogens (tertiary/aromatic N) is 2. The van der Waals surface area contributed by atoms with Crippen molar-refractivity contribution >= 4 is 40.1 Å². The van der Waals surface area contributed by atoms with Crippen LogP contribution in [0.4, 0.5) is 10.7 Å². The first-order chi connectivity index (χ1) is 13.9. The molecule has 9 heteroatoms. The maximum atomic E-state index is 12.3. The Morgan fingerprint density at radius 2 is 1.79 bits per heavy atom. The van der Waals surface area contributed by atoms with Gasteiger partial charge in [-0.05, 0) is 43.3 Å². The van der Waals surface area contributed by atoms with Crippen molar-refractivity contribution in [3.63, 3.8) is 0 Å². The van der Waals surface area contributed by atoms with Crippen LogP contribution in [0.1, 0.15) is 31.2 Å². The number of nitrogens with one attached hydrogen (secondary N) is 2. The number of hydrogen-bond acceptors (Lipinski definition) is 6. The van der Waals surface area contributed by atoms with Gasteiger partial charge < -0.3 is 5.32 Å². The topological polar surface area (TPSA) is 114 Å². The number of benzene rings is 2. The third-order valence-corrected chi connectivity index (χ3v) is 4.82. The van der Waals surface area contributed by atoms with Crippen LogP contribution in [0, 0.1) is 17.0 Å². The van der Waals surface area contributed by atoms with E-state index >= 15 is 0 Å². The van der Waals surface area contributed by atoms with Gasteiger partial charge in [0.2, 0.25) is 0 Å². The summed E-state index contributed by atoms with van der Waals surface area (Å²) in [6.07, 6.45) is 1.33. The van der Waals surface area contributed by atoms with Gasteiger partial charge in [0.05, 0.1) is 16.0 Å². The Morgan fingerprint density at radius 1 is 1.03 bits per heavy atom. The molecule has 0 aliphatic heterocycles. The number of carbonyl (C=O) groups excluding carboxylic acids is 2. The molecule has 0 saturated carbocycles. The fraction of sp³-hybridized carbons (Fsp3) is 0.0500. The molecule has 0 saturated heterocycles. The molecule has 146 valence electrons. The van der Waals surface area contributed by atoms with Crippen LogP contribution in [0.2, 0.25) is 0 Å². The fourth-order valence-electron chi connectivity index (χ4n) is 2.38. The van der Waals surface area contributed by atoms with Crippen LogP contribution >= 0.6 is 11.3 Å². The quantitative estimate of drug-likeness (QED) is 0.365. The van der Waals surface area contributed by atoms with E-state index in [0.717, 1.165) is 16.9 Å². The summed E-state index contributed by atoms with van der Waals surface area (Å²) in [7, 11) is 0. The maximum absolute atomic E-state index is 12.3. The molecule has 8 nitrogen and oxygen atoms in total. The Hall–Kier alpha value is -3.85. The Kier molecular flexibility index (Phi) is 6.10. The van der Waals surface area contributed by atoms with Gasteiger partial charge >= 0.3 is 5.00 Å². The first-order valence-corrected chi connectivity index (χ1v) is 9.30. The second-order valence-electron chi connectivity index (χ2n) is 6.03. The summed E-state index contributed by atoms with van der Waals surface area (Å²) < 4.78 is 0. The van der Waals surface area contributed by atoms with E-state index in [1.807, 2.05) is 19.1 Å². The van der Waals surface area contributed by atoms with Gasteiger partial charge in [0, 0.05) is 22.9 Å². The van der Waals surface area contributed by atoms with Gasteiger partial charge in [-0.25, -0.2) is 5.43 Å². The minimum absolute atomic E-state index is 0.00482. The van der Waals surface area contributed by atoms with Crippen LogP contribution in [0.15, 0.2) is 65.8 Å². The smallest absolute Gasteiger partial charge is 0.322 e. The lowest BCUT2D eigenvalue weighted by Gasteiger charge is -2.07. The SMILES string of the molecule is Cc1ccc(C(=O)Nc2cccc(C(=O)N/N=C/c3ccc([N+](=O)[O-])s3)c2)cc1. The molecular formula is C20H16N4O4S. The highest BCUT2D eigenvalue weighted by molar-refractivity contribution is 7.16. The minimum Gasteiger partial charge on any atom is -0.322 e. The van der Waals surface area contributed by atoms with Crippen molar-refractivity contribution < 1.29 is 14.5 Å². The zero-order valence-electron chi connectivity index (χ0n) is 15.3. The summed E-state index contributed by atoms with van der Waals surface area (Å²) in [5.41, 5.74) is 4.71. The Labute approximate surface area is 170 Å². The molecule has 3 rings (SSSR count). The van der Waals surface area contributed by atoms with E-state index in [1.165, 1.54) is 18.3 Å². The third kappa shape index (κ3) is 5.33. The van der Waals surface area contributed by atoms with E-state index < -0.39 is 10.8 Å². The second-order valence-corrected chi connectivity index (χ2v) is 7.13. The van der Waals surface area contributed by atoms with Crippen molar-refractivity contribution in [3.8, 4) is 0 Å². The van der Waals surface area contributed by atoms with Gasteiger partial charge in [0.1, 0.15) is 0 Å². The number of hydrazone groups is 1. The lowest BCUT2D eigenvalue weighted by Crippen LogP contribution is -2.18. The van der Waals surface area contributed by atoms with Crippen LogP contribution in [0.5, 0.6) is 0 Å². The highest BCUT2D eigenvalue weighted by atomic mass is 32.1. The zero-order chi connectivity index (χ0) is 20.8. The van der Waals surface area contributed by atoms with E-state index in [1.54, 1.807) is 36.4 Å². The number of rotatable bonds is 6. The van der Waals surface area contributed by atoms with Gasteiger partial charge in [-0.2, -0.15) is 5.10 Å². The average Bonchev–Trinajstić information content (AvgIpc) is 3.18. The number of aryl methyl sites for hydroxylation is 1. The molecule has 2 aromatic carbocycles. The first-order valence-electron chi connectivity index (χ1n) is 8.48. The molecule has 2 amide bonds. The molecule has 0 aliphatic carbocycles. The van der Waals surface area contributed by atoms with Crippen molar-refractivity contribution in [2.75, 3.05) is 5.32 Å². The van der Waals surface area contributed by atoms with Crippen LogP contribution in [0.3, 0.4) is 0 Å². The number of nitro groups is 1. The molecule has 29 heavy (non-hydrogen) atoms. The molecule has 3 aromatic rings. The predicted octanol–water partition coefficient (Wildman–Crippen LogP) is 3.98. The summed E-state index contributed by atoms with van der Waals surface area (Å²) in [6.45, 7) is 1.94. The maximum Gasteiger partial charge on any atom is 0.324 e. The van der Waals surface area contributed by atoms with Crippen molar-refractivity contribution in [2.24, 2.45) is 5.10 Å². The van der Waals surface area contributed by atoms with E-state index in [-0.39, 0.29) is 10.9 Å². The van der Waals surface area contributed by atoms with E-state index in [2.05, 4.69) is 15.8 Å².